The summed E-state index contributed by atoms with van der Waals surface area (Å²) >= 11 is 6.08. The number of carbonyl (C=O) groups is 2. The van der Waals surface area contributed by atoms with E-state index < -0.39 is 0 Å². The van der Waals surface area contributed by atoms with Crippen molar-refractivity contribution in [3.63, 3.8) is 0 Å². The molecule has 0 bridgehead atoms. The van der Waals surface area contributed by atoms with Crippen LogP contribution in [0.2, 0.25) is 5.02 Å². The van der Waals surface area contributed by atoms with E-state index >= 15 is 0 Å². The number of nitrogens with zero attached hydrogens (tertiary/aromatic N) is 1. The van der Waals surface area contributed by atoms with Gasteiger partial charge >= 0.3 is 0 Å². The Morgan fingerprint density at radius 2 is 1.60 bits per heavy atom. The van der Waals surface area contributed by atoms with Gasteiger partial charge in [0.15, 0.2) is 0 Å². The Morgan fingerprint density at radius 3 is 2.28 bits per heavy atom. The van der Waals surface area contributed by atoms with E-state index in [2.05, 4.69) is 5.32 Å². The molecule has 130 valence electrons. The molecule has 2 amide bonds. The van der Waals surface area contributed by atoms with Crippen LogP contribution in [0, 0.1) is 6.92 Å². The van der Waals surface area contributed by atoms with Crippen molar-refractivity contribution in [3.8, 4) is 0 Å². The third kappa shape index (κ3) is 4.02. The highest BCUT2D eigenvalue weighted by molar-refractivity contribution is 6.31. The standard InChI is InChI=1S/C20H21ClN2O2/c1-14-17(21)6-5-7-18(14)22-19(24)15-8-10-16(11-9-15)20(25)23-12-3-2-4-13-23/h5-11H,2-4,12-13H2,1H3,(H,22,24). The molecule has 4 nitrogen and oxygen atoms in total. The van der Waals surface area contributed by atoms with E-state index in [1.54, 1.807) is 36.4 Å². The zero-order valence-electron chi connectivity index (χ0n) is 14.2. The average Bonchev–Trinajstić information content (AvgIpc) is 2.65. The third-order valence-corrected chi connectivity index (χ3v) is 4.96. The van der Waals surface area contributed by atoms with Crippen molar-refractivity contribution in [2.75, 3.05) is 18.4 Å². The molecule has 0 saturated carbocycles. The van der Waals surface area contributed by atoms with Gasteiger partial charge in [0.1, 0.15) is 0 Å². The van der Waals surface area contributed by atoms with Crippen molar-refractivity contribution in [2.24, 2.45) is 0 Å². The molecule has 0 aliphatic carbocycles. The number of anilines is 1. The Balaban J connectivity index is 1.70. The molecule has 1 aliphatic rings. The Bertz CT molecular complexity index is 781. The average molecular weight is 357 g/mol. The van der Waals surface area contributed by atoms with Gasteiger partial charge in [-0.3, -0.25) is 9.59 Å². The lowest BCUT2D eigenvalue weighted by molar-refractivity contribution is 0.0724. The Hall–Kier alpha value is -2.33. The number of hydrogen-bond donors (Lipinski definition) is 1. The highest BCUT2D eigenvalue weighted by atomic mass is 35.5. The van der Waals surface area contributed by atoms with Gasteiger partial charge in [0, 0.05) is 34.9 Å². The van der Waals surface area contributed by atoms with Crippen molar-refractivity contribution in [2.45, 2.75) is 26.2 Å². The number of carbonyl (C=O) groups excluding carboxylic acids is 2. The van der Waals surface area contributed by atoms with Crippen LogP contribution in [-0.2, 0) is 0 Å². The summed E-state index contributed by atoms with van der Waals surface area (Å²) in [5, 5.41) is 3.47. The Morgan fingerprint density at radius 1 is 0.960 bits per heavy atom. The maximum Gasteiger partial charge on any atom is 0.255 e. The molecule has 1 N–H and O–H groups in total. The molecular weight excluding hydrogens is 336 g/mol. The predicted molar refractivity (Wildman–Crippen MR) is 100 cm³/mol. The lowest BCUT2D eigenvalue weighted by atomic mass is 10.1. The number of rotatable bonds is 3. The van der Waals surface area contributed by atoms with E-state index in [0.717, 1.165) is 31.5 Å². The van der Waals surface area contributed by atoms with Crippen LogP contribution in [0.15, 0.2) is 42.5 Å². The molecule has 0 atom stereocenters. The number of hydrogen-bond acceptors (Lipinski definition) is 2. The van der Waals surface area contributed by atoms with Gasteiger partial charge in [-0.1, -0.05) is 17.7 Å². The van der Waals surface area contributed by atoms with Crippen LogP contribution in [-0.4, -0.2) is 29.8 Å². The van der Waals surface area contributed by atoms with E-state index in [1.165, 1.54) is 6.42 Å². The van der Waals surface area contributed by atoms with E-state index in [4.69, 9.17) is 11.6 Å². The van der Waals surface area contributed by atoms with Gasteiger partial charge in [-0.05, 0) is 68.1 Å². The van der Waals surface area contributed by atoms with Crippen LogP contribution in [0.25, 0.3) is 0 Å². The molecule has 25 heavy (non-hydrogen) atoms. The largest absolute Gasteiger partial charge is 0.339 e. The fourth-order valence-electron chi connectivity index (χ4n) is 2.98. The quantitative estimate of drug-likeness (QED) is 0.878. The fraction of sp³-hybridized carbons (Fsp3) is 0.300. The molecule has 5 heteroatoms. The zero-order chi connectivity index (χ0) is 17.8. The molecule has 3 rings (SSSR count). The van der Waals surface area contributed by atoms with Gasteiger partial charge in [0.25, 0.3) is 11.8 Å². The highest BCUT2D eigenvalue weighted by Crippen LogP contribution is 2.23. The smallest absolute Gasteiger partial charge is 0.255 e. The lowest BCUT2D eigenvalue weighted by Gasteiger charge is -2.26. The summed E-state index contributed by atoms with van der Waals surface area (Å²) < 4.78 is 0. The lowest BCUT2D eigenvalue weighted by Crippen LogP contribution is -2.35. The van der Waals surface area contributed by atoms with Crippen LogP contribution >= 0.6 is 11.6 Å². The molecule has 0 aromatic heterocycles. The number of nitrogens with one attached hydrogen (secondary N) is 1. The molecule has 2 aromatic rings. The van der Waals surface area contributed by atoms with E-state index in [0.29, 0.717) is 21.8 Å². The summed E-state index contributed by atoms with van der Waals surface area (Å²) in [7, 11) is 0. The first-order valence-corrected chi connectivity index (χ1v) is 8.90. The highest BCUT2D eigenvalue weighted by Gasteiger charge is 2.18. The zero-order valence-corrected chi connectivity index (χ0v) is 15.0. The first-order valence-electron chi connectivity index (χ1n) is 8.52. The fourth-order valence-corrected chi connectivity index (χ4v) is 3.16. The Kier molecular flexibility index (Phi) is 5.39. The van der Waals surface area contributed by atoms with E-state index in [9.17, 15) is 9.59 Å². The van der Waals surface area contributed by atoms with Gasteiger partial charge in [-0.2, -0.15) is 0 Å². The van der Waals surface area contributed by atoms with Crippen molar-refractivity contribution < 1.29 is 9.59 Å². The normalized spacial score (nSPS) is 14.2. The molecule has 1 saturated heterocycles. The van der Waals surface area contributed by atoms with E-state index in [-0.39, 0.29) is 11.8 Å². The van der Waals surface area contributed by atoms with Crippen LogP contribution in [0.3, 0.4) is 0 Å². The first kappa shape index (κ1) is 17.5. The summed E-state index contributed by atoms with van der Waals surface area (Å²) in [6.45, 7) is 3.49. The molecule has 0 radical (unpaired) electrons. The molecule has 2 aromatic carbocycles. The second-order valence-corrected chi connectivity index (χ2v) is 6.70. The molecule has 1 heterocycles. The molecule has 1 aliphatic heterocycles. The van der Waals surface area contributed by atoms with Gasteiger partial charge in [-0.15, -0.1) is 0 Å². The van der Waals surface area contributed by atoms with Crippen molar-refractivity contribution in [1.29, 1.82) is 0 Å². The molecule has 0 spiro atoms. The van der Waals surface area contributed by atoms with E-state index in [1.807, 2.05) is 17.9 Å². The number of likely N-dealkylation sites (tertiary alicyclic amines) is 1. The summed E-state index contributed by atoms with van der Waals surface area (Å²) in [6.07, 6.45) is 3.31. The van der Waals surface area contributed by atoms with Gasteiger partial charge in [0.05, 0.1) is 0 Å². The maximum atomic E-state index is 12.5. The Labute approximate surface area is 152 Å². The number of halogens is 1. The predicted octanol–water partition coefficient (Wildman–Crippen LogP) is 4.53. The topological polar surface area (TPSA) is 49.4 Å². The number of amides is 2. The van der Waals surface area contributed by atoms with Crippen LogP contribution in [0.1, 0.15) is 45.5 Å². The van der Waals surface area contributed by atoms with Gasteiger partial charge < -0.3 is 10.2 Å². The summed E-state index contributed by atoms with van der Waals surface area (Å²) in [5.74, 6) is -0.181. The van der Waals surface area contributed by atoms with Crippen molar-refractivity contribution >= 4 is 29.1 Å². The maximum absolute atomic E-state index is 12.5. The number of benzene rings is 2. The third-order valence-electron chi connectivity index (χ3n) is 4.55. The summed E-state index contributed by atoms with van der Waals surface area (Å²) in [4.78, 5) is 26.8. The summed E-state index contributed by atoms with van der Waals surface area (Å²) in [6, 6.07) is 12.2. The minimum Gasteiger partial charge on any atom is -0.339 e. The van der Waals surface area contributed by atoms with Crippen LogP contribution in [0.4, 0.5) is 5.69 Å². The van der Waals surface area contributed by atoms with Crippen molar-refractivity contribution in [3.05, 3.63) is 64.2 Å². The molecule has 1 fully saturated rings. The minimum atomic E-state index is -0.220. The first-order chi connectivity index (χ1) is 12.1. The SMILES string of the molecule is Cc1c(Cl)cccc1NC(=O)c1ccc(C(=O)N2CCCCC2)cc1. The molecular formula is C20H21ClN2O2. The van der Waals surface area contributed by atoms with Crippen molar-refractivity contribution in [1.82, 2.24) is 4.90 Å². The summed E-state index contributed by atoms with van der Waals surface area (Å²) in [5.41, 5.74) is 2.65. The van der Waals surface area contributed by atoms with Crippen LogP contribution < -0.4 is 5.32 Å². The van der Waals surface area contributed by atoms with Gasteiger partial charge in [-0.25, -0.2) is 0 Å². The molecule has 0 unspecified atom stereocenters. The minimum absolute atomic E-state index is 0.0392. The van der Waals surface area contributed by atoms with Crippen LogP contribution in [0.5, 0.6) is 0 Å². The second-order valence-electron chi connectivity index (χ2n) is 6.30. The monoisotopic (exact) mass is 356 g/mol. The van der Waals surface area contributed by atoms with Gasteiger partial charge in [0.2, 0.25) is 0 Å². The second kappa shape index (κ2) is 7.70. The number of piperidine rings is 1.